The molecule has 2 aliphatic rings. The largest absolute Gasteiger partial charge is 0.294 e. The summed E-state index contributed by atoms with van der Waals surface area (Å²) in [7, 11) is -7.00. The lowest BCUT2D eigenvalue weighted by Crippen LogP contribution is -2.58. The Morgan fingerprint density at radius 2 is 1.68 bits per heavy atom. The SMILES string of the molecule is CCC1(N2CCN(S(=O)(=O)c3cc(F)ccc3C)CC2)CCN(S(C)(=O)=O)C1. The van der Waals surface area contributed by atoms with Crippen LogP contribution in [0.15, 0.2) is 23.1 Å². The van der Waals surface area contributed by atoms with Crippen LogP contribution in [0.2, 0.25) is 0 Å². The Morgan fingerprint density at radius 1 is 1.04 bits per heavy atom. The number of rotatable bonds is 5. The zero-order chi connectivity index (χ0) is 20.7. The average molecular weight is 434 g/mol. The van der Waals surface area contributed by atoms with Crippen LogP contribution in [0.4, 0.5) is 4.39 Å². The van der Waals surface area contributed by atoms with Crippen molar-refractivity contribution >= 4 is 20.0 Å². The first-order valence-electron chi connectivity index (χ1n) is 9.46. The minimum Gasteiger partial charge on any atom is -0.294 e. The minimum atomic E-state index is -3.76. The number of benzene rings is 1. The van der Waals surface area contributed by atoms with Crippen molar-refractivity contribution in [3.63, 3.8) is 0 Å². The van der Waals surface area contributed by atoms with E-state index in [1.54, 1.807) is 6.92 Å². The first kappa shape index (κ1) is 21.6. The lowest BCUT2D eigenvalue weighted by Gasteiger charge is -2.45. The molecule has 1 aromatic carbocycles. The summed E-state index contributed by atoms with van der Waals surface area (Å²) in [5.74, 6) is -0.570. The van der Waals surface area contributed by atoms with E-state index in [-0.39, 0.29) is 10.4 Å². The third-order valence-electron chi connectivity index (χ3n) is 6.10. The maximum Gasteiger partial charge on any atom is 0.243 e. The van der Waals surface area contributed by atoms with Crippen LogP contribution in [0.1, 0.15) is 25.3 Å². The number of halogens is 1. The van der Waals surface area contributed by atoms with E-state index in [4.69, 9.17) is 0 Å². The summed E-state index contributed by atoms with van der Waals surface area (Å²) in [6, 6.07) is 3.80. The third-order valence-corrected chi connectivity index (χ3v) is 9.39. The predicted molar refractivity (Wildman–Crippen MR) is 106 cm³/mol. The van der Waals surface area contributed by atoms with Gasteiger partial charge < -0.3 is 0 Å². The number of sulfonamides is 2. The van der Waals surface area contributed by atoms with Gasteiger partial charge in [0.25, 0.3) is 0 Å². The monoisotopic (exact) mass is 433 g/mol. The molecule has 0 aliphatic carbocycles. The fourth-order valence-electron chi connectivity index (χ4n) is 4.27. The lowest BCUT2D eigenvalue weighted by molar-refractivity contribution is 0.0600. The Hall–Kier alpha value is -1.07. The summed E-state index contributed by atoms with van der Waals surface area (Å²) >= 11 is 0. The predicted octanol–water partition coefficient (Wildman–Crippen LogP) is 1.25. The van der Waals surface area contributed by atoms with Crippen molar-refractivity contribution in [3.05, 3.63) is 29.6 Å². The molecule has 0 amide bonds. The summed E-state index contributed by atoms with van der Waals surface area (Å²) in [5, 5.41) is 0. The van der Waals surface area contributed by atoms with Crippen LogP contribution < -0.4 is 0 Å². The molecule has 2 aliphatic heterocycles. The number of aryl methyl sites for hydroxylation is 1. The van der Waals surface area contributed by atoms with Crippen molar-refractivity contribution in [2.24, 2.45) is 0 Å². The molecule has 10 heteroatoms. The van der Waals surface area contributed by atoms with Crippen LogP contribution in [0.25, 0.3) is 0 Å². The van der Waals surface area contributed by atoms with Crippen molar-refractivity contribution in [1.29, 1.82) is 0 Å². The van der Waals surface area contributed by atoms with Crippen molar-refractivity contribution in [1.82, 2.24) is 13.5 Å². The van der Waals surface area contributed by atoms with E-state index in [1.165, 1.54) is 27.0 Å². The van der Waals surface area contributed by atoms with E-state index in [2.05, 4.69) is 4.90 Å². The molecule has 2 heterocycles. The molecule has 0 N–H and O–H groups in total. The molecule has 0 bridgehead atoms. The minimum absolute atomic E-state index is 0.00951. The Morgan fingerprint density at radius 3 is 2.21 bits per heavy atom. The number of hydrogen-bond acceptors (Lipinski definition) is 5. The molecular formula is C18H28FN3O4S2. The van der Waals surface area contributed by atoms with E-state index in [9.17, 15) is 21.2 Å². The van der Waals surface area contributed by atoms with Crippen LogP contribution in [0.3, 0.4) is 0 Å². The second-order valence-electron chi connectivity index (χ2n) is 7.73. The van der Waals surface area contributed by atoms with E-state index < -0.39 is 25.9 Å². The molecule has 0 saturated carbocycles. The fourth-order valence-corrected chi connectivity index (χ4v) is 6.82. The Balaban J connectivity index is 1.74. The van der Waals surface area contributed by atoms with Gasteiger partial charge in [0.2, 0.25) is 20.0 Å². The van der Waals surface area contributed by atoms with Gasteiger partial charge >= 0.3 is 0 Å². The Bertz CT molecular complexity index is 944. The Kier molecular flexibility index (Phi) is 5.90. The van der Waals surface area contributed by atoms with Gasteiger partial charge in [-0.05, 0) is 37.5 Å². The summed E-state index contributed by atoms with van der Waals surface area (Å²) in [5.41, 5.74) is 0.265. The second kappa shape index (κ2) is 7.64. The molecular weight excluding hydrogens is 405 g/mol. The highest BCUT2D eigenvalue weighted by molar-refractivity contribution is 7.89. The van der Waals surface area contributed by atoms with Gasteiger partial charge in [0.1, 0.15) is 5.82 Å². The van der Waals surface area contributed by atoms with Crippen LogP contribution in [-0.2, 0) is 20.0 Å². The Labute approximate surface area is 167 Å². The standard InChI is InChI=1S/C18H28FN3O4S2/c1-4-18(7-8-22(14-18)27(3,23)24)20-9-11-21(12-10-20)28(25,26)17-13-16(19)6-5-15(17)2/h5-6,13H,4,7-12,14H2,1-3H3. The average Bonchev–Trinajstić information content (AvgIpc) is 3.10. The highest BCUT2D eigenvalue weighted by Gasteiger charge is 2.45. The highest BCUT2D eigenvalue weighted by atomic mass is 32.2. The van der Waals surface area contributed by atoms with Gasteiger partial charge in [0.15, 0.2) is 0 Å². The van der Waals surface area contributed by atoms with E-state index >= 15 is 0 Å². The van der Waals surface area contributed by atoms with Crippen molar-refractivity contribution < 1.29 is 21.2 Å². The summed E-state index contributed by atoms with van der Waals surface area (Å²) in [6.07, 6.45) is 2.77. The molecule has 0 spiro atoms. The molecule has 2 fully saturated rings. The third kappa shape index (κ3) is 3.97. The fraction of sp³-hybridized carbons (Fsp3) is 0.667. The van der Waals surface area contributed by atoms with Gasteiger partial charge in [-0.3, -0.25) is 4.90 Å². The molecule has 1 atom stereocenters. The first-order valence-corrected chi connectivity index (χ1v) is 12.7. The topological polar surface area (TPSA) is 78.0 Å². The first-order chi connectivity index (χ1) is 13.0. The molecule has 0 aromatic heterocycles. The highest BCUT2D eigenvalue weighted by Crippen LogP contribution is 2.34. The van der Waals surface area contributed by atoms with Crippen molar-refractivity contribution in [3.8, 4) is 0 Å². The van der Waals surface area contributed by atoms with E-state index in [0.717, 1.165) is 18.9 Å². The summed E-state index contributed by atoms with van der Waals surface area (Å²) in [4.78, 5) is 2.23. The van der Waals surface area contributed by atoms with Crippen molar-refractivity contribution in [2.75, 3.05) is 45.5 Å². The second-order valence-corrected chi connectivity index (χ2v) is 11.6. The molecule has 1 aromatic rings. The molecule has 3 rings (SSSR count). The molecule has 0 radical (unpaired) electrons. The summed E-state index contributed by atoms with van der Waals surface area (Å²) in [6.45, 7) is 6.31. The van der Waals surface area contributed by atoms with Gasteiger partial charge in [-0.25, -0.2) is 25.5 Å². The van der Waals surface area contributed by atoms with Crippen LogP contribution in [-0.4, -0.2) is 81.4 Å². The van der Waals surface area contributed by atoms with Gasteiger partial charge in [0, 0.05) is 44.8 Å². The van der Waals surface area contributed by atoms with Crippen LogP contribution in [0, 0.1) is 12.7 Å². The number of piperazine rings is 1. The zero-order valence-electron chi connectivity index (χ0n) is 16.6. The molecule has 28 heavy (non-hydrogen) atoms. The molecule has 2 saturated heterocycles. The van der Waals surface area contributed by atoms with Crippen LogP contribution >= 0.6 is 0 Å². The number of hydrogen-bond donors (Lipinski definition) is 0. The van der Waals surface area contributed by atoms with Gasteiger partial charge in [0.05, 0.1) is 11.2 Å². The van der Waals surface area contributed by atoms with Crippen LogP contribution in [0.5, 0.6) is 0 Å². The van der Waals surface area contributed by atoms with Gasteiger partial charge in [-0.1, -0.05) is 13.0 Å². The quantitative estimate of drug-likeness (QED) is 0.699. The molecule has 158 valence electrons. The van der Waals surface area contributed by atoms with Gasteiger partial charge in [-0.2, -0.15) is 4.31 Å². The zero-order valence-corrected chi connectivity index (χ0v) is 18.2. The lowest BCUT2D eigenvalue weighted by atomic mass is 9.92. The maximum absolute atomic E-state index is 13.6. The van der Waals surface area contributed by atoms with Crippen molar-refractivity contribution in [2.45, 2.75) is 37.1 Å². The number of nitrogens with zero attached hydrogens (tertiary/aromatic N) is 3. The van der Waals surface area contributed by atoms with Gasteiger partial charge in [-0.15, -0.1) is 0 Å². The van der Waals surface area contributed by atoms with E-state index in [1.807, 2.05) is 6.92 Å². The molecule has 7 nitrogen and oxygen atoms in total. The molecule has 1 unspecified atom stereocenters. The maximum atomic E-state index is 13.6. The van der Waals surface area contributed by atoms with E-state index in [0.29, 0.717) is 44.8 Å². The normalized spacial score (nSPS) is 26.0. The smallest absolute Gasteiger partial charge is 0.243 e. The summed E-state index contributed by atoms with van der Waals surface area (Å²) < 4.78 is 66.3.